The second-order valence-electron chi connectivity index (χ2n) is 3.70. The molecule has 78 valence electrons. The van der Waals surface area contributed by atoms with Crippen LogP contribution in [0.3, 0.4) is 0 Å². The minimum atomic E-state index is -0.0540. The van der Waals surface area contributed by atoms with E-state index in [1.54, 1.807) is 12.3 Å². The number of imidazole rings is 1. The maximum atomic E-state index is 11.4. The molecule has 0 saturated heterocycles. The Labute approximate surface area is 87.1 Å². The van der Waals surface area contributed by atoms with E-state index in [0.29, 0.717) is 17.0 Å². The third-order valence-corrected chi connectivity index (χ3v) is 2.19. The van der Waals surface area contributed by atoms with Gasteiger partial charge in [0.05, 0.1) is 6.20 Å². The largest absolute Gasteiger partial charge is 0.302 e. The Hall–Kier alpha value is -1.78. The van der Waals surface area contributed by atoms with Crippen molar-refractivity contribution in [1.29, 1.82) is 0 Å². The second-order valence-corrected chi connectivity index (χ2v) is 3.70. The van der Waals surface area contributed by atoms with Crippen molar-refractivity contribution < 1.29 is 4.79 Å². The van der Waals surface area contributed by atoms with Gasteiger partial charge in [-0.3, -0.25) is 4.79 Å². The van der Waals surface area contributed by atoms with Gasteiger partial charge in [-0.1, -0.05) is 0 Å². The molecule has 0 aliphatic carbocycles. The normalized spacial score (nSPS) is 11.2. The number of Topliss-reactive ketones (excluding diaryl/α,β-unsaturated/α-hetero) is 1. The lowest BCUT2D eigenvalue weighted by Gasteiger charge is -2.09. The summed E-state index contributed by atoms with van der Waals surface area (Å²) in [5.74, 6) is 0.391. The minimum Gasteiger partial charge on any atom is -0.302 e. The van der Waals surface area contributed by atoms with Crippen LogP contribution in [0.2, 0.25) is 0 Å². The Balaban J connectivity index is 2.80. The molecule has 0 N–H and O–H groups in total. The van der Waals surface area contributed by atoms with Gasteiger partial charge in [0.15, 0.2) is 17.3 Å². The molecule has 2 aromatic heterocycles. The van der Waals surface area contributed by atoms with Crippen LogP contribution in [0.1, 0.15) is 37.4 Å². The summed E-state index contributed by atoms with van der Waals surface area (Å²) in [6.45, 7) is 5.48. The van der Waals surface area contributed by atoms with E-state index in [2.05, 4.69) is 15.2 Å². The highest BCUT2D eigenvalue weighted by Gasteiger charge is 2.17. The predicted molar refractivity (Wildman–Crippen MR) is 55.7 cm³/mol. The maximum Gasteiger partial charge on any atom is 0.195 e. The van der Waals surface area contributed by atoms with Gasteiger partial charge in [0.25, 0.3) is 0 Å². The summed E-state index contributed by atoms with van der Waals surface area (Å²) in [4.78, 5) is 15.7. The number of ketones is 1. The van der Waals surface area contributed by atoms with E-state index >= 15 is 0 Å². The quantitative estimate of drug-likeness (QED) is 0.697. The molecule has 0 unspecified atom stereocenters. The average molecular weight is 204 g/mol. The standard InChI is InChI=1S/C10H12N4O/c1-6(2)14-9(7(3)15)12-8-4-5-11-13-10(8)14/h4-6H,1-3H3. The van der Waals surface area contributed by atoms with Crippen LogP contribution >= 0.6 is 0 Å². The summed E-state index contributed by atoms with van der Waals surface area (Å²) < 4.78 is 1.81. The van der Waals surface area contributed by atoms with Crippen LogP contribution in [0.25, 0.3) is 11.2 Å². The molecule has 5 heteroatoms. The molecule has 0 saturated carbocycles. The zero-order valence-electron chi connectivity index (χ0n) is 8.93. The fraction of sp³-hybridized carbons (Fsp3) is 0.400. The summed E-state index contributed by atoms with van der Waals surface area (Å²) in [5, 5.41) is 7.81. The van der Waals surface area contributed by atoms with Crippen molar-refractivity contribution in [2.45, 2.75) is 26.8 Å². The fourth-order valence-corrected chi connectivity index (χ4v) is 1.58. The van der Waals surface area contributed by atoms with Gasteiger partial charge in [-0.25, -0.2) is 4.98 Å². The van der Waals surface area contributed by atoms with Crippen molar-refractivity contribution in [1.82, 2.24) is 19.7 Å². The van der Waals surface area contributed by atoms with Crippen LogP contribution in [-0.4, -0.2) is 25.5 Å². The molecule has 0 atom stereocenters. The van der Waals surface area contributed by atoms with Gasteiger partial charge >= 0.3 is 0 Å². The highest BCUT2D eigenvalue weighted by molar-refractivity contribution is 5.94. The molecule has 5 nitrogen and oxygen atoms in total. The van der Waals surface area contributed by atoms with Crippen molar-refractivity contribution in [3.05, 3.63) is 18.1 Å². The van der Waals surface area contributed by atoms with Gasteiger partial charge in [0, 0.05) is 13.0 Å². The topological polar surface area (TPSA) is 60.7 Å². The fourth-order valence-electron chi connectivity index (χ4n) is 1.58. The zero-order valence-corrected chi connectivity index (χ0v) is 8.93. The van der Waals surface area contributed by atoms with E-state index in [4.69, 9.17) is 0 Å². The number of fused-ring (bicyclic) bond motifs is 1. The van der Waals surface area contributed by atoms with Crippen LogP contribution in [0.15, 0.2) is 12.3 Å². The first kappa shape index (κ1) is 9.76. The Morgan fingerprint density at radius 1 is 1.47 bits per heavy atom. The van der Waals surface area contributed by atoms with Gasteiger partial charge in [-0.15, -0.1) is 5.10 Å². The molecule has 0 fully saturated rings. The van der Waals surface area contributed by atoms with E-state index in [1.165, 1.54) is 6.92 Å². The molecule has 0 aliphatic rings. The van der Waals surface area contributed by atoms with Crippen molar-refractivity contribution in [2.24, 2.45) is 0 Å². The molecule has 0 aromatic carbocycles. The minimum absolute atomic E-state index is 0.0540. The summed E-state index contributed by atoms with van der Waals surface area (Å²) in [7, 11) is 0. The number of nitrogens with zero attached hydrogens (tertiary/aromatic N) is 4. The first-order valence-electron chi connectivity index (χ1n) is 4.82. The lowest BCUT2D eigenvalue weighted by atomic mass is 10.3. The number of rotatable bonds is 2. The summed E-state index contributed by atoms with van der Waals surface area (Å²) in [6, 6.07) is 1.90. The monoisotopic (exact) mass is 204 g/mol. The number of hydrogen-bond acceptors (Lipinski definition) is 4. The Kier molecular flexibility index (Phi) is 2.22. The van der Waals surface area contributed by atoms with E-state index < -0.39 is 0 Å². The van der Waals surface area contributed by atoms with Crippen LogP contribution in [-0.2, 0) is 0 Å². The van der Waals surface area contributed by atoms with Gasteiger partial charge in [0.1, 0.15) is 5.52 Å². The SMILES string of the molecule is CC(=O)c1nc2ccnnc2n1C(C)C. The highest BCUT2D eigenvalue weighted by atomic mass is 16.1. The summed E-state index contributed by atoms with van der Waals surface area (Å²) in [5.41, 5.74) is 1.38. The Morgan fingerprint density at radius 2 is 2.20 bits per heavy atom. The van der Waals surface area contributed by atoms with Crippen LogP contribution in [0.4, 0.5) is 0 Å². The number of carbonyl (C=O) groups is 1. The molecular weight excluding hydrogens is 192 g/mol. The first-order chi connectivity index (χ1) is 7.11. The van der Waals surface area contributed by atoms with Crippen LogP contribution in [0.5, 0.6) is 0 Å². The molecule has 2 heterocycles. The molecule has 2 rings (SSSR count). The van der Waals surface area contributed by atoms with Crippen LogP contribution in [0, 0.1) is 0 Å². The van der Waals surface area contributed by atoms with Gasteiger partial charge in [-0.05, 0) is 19.9 Å². The van der Waals surface area contributed by atoms with E-state index in [9.17, 15) is 4.79 Å². The van der Waals surface area contributed by atoms with Crippen molar-refractivity contribution >= 4 is 16.9 Å². The van der Waals surface area contributed by atoms with E-state index in [1.807, 2.05) is 18.4 Å². The summed E-state index contributed by atoms with van der Waals surface area (Å²) >= 11 is 0. The predicted octanol–water partition coefficient (Wildman–Crippen LogP) is 1.61. The number of carbonyl (C=O) groups excluding carboxylic acids is 1. The molecular formula is C10H12N4O. The molecule has 0 radical (unpaired) electrons. The molecule has 0 amide bonds. The lowest BCUT2D eigenvalue weighted by Crippen LogP contribution is -2.10. The van der Waals surface area contributed by atoms with Crippen LogP contribution < -0.4 is 0 Å². The Bertz CT molecular complexity index is 515. The number of aromatic nitrogens is 4. The smallest absolute Gasteiger partial charge is 0.195 e. The lowest BCUT2D eigenvalue weighted by molar-refractivity contribution is 0.0998. The van der Waals surface area contributed by atoms with Crippen molar-refractivity contribution in [3.63, 3.8) is 0 Å². The van der Waals surface area contributed by atoms with E-state index in [0.717, 1.165) is 0 Å². The zero-order chi connectivity index (χ0) is 11.0. The first-order valence-corrected chi connectivity index (χ1v) is 4.82. The highest BCUT2D eigenvalue weighted by Crippen LogP contribution is 2.18. The van der Waals surface area contributed by atoms with Gasteiger partial charge in [0.2, 0.25) is 0 Å². The molecule has 15 heavy (non-hydrogen) atoms. The third-order valence-electron chi connectivity index (χ3n) is 2.19. The summed E-state index contributed by atoms with van der Waals surface area (Å²) in [6.07, 6.45) is 1.57. The van der Waals surface area contributed by atoms with Crippen molar-refractivity contribution in [2.75, 3.05) is 0 Å². The van der Waals surface area contributed by atoms with Crippen molar-refractivity contribution in [3.8, 4) is 0 Å². The average Bonchev–Trinajstić information content (AvgIpc) is 2.56. The molecule has 0 spiro atoms. The second kappa shape index (κ2) is 3.42. The molecule has 2 aromatic rings. The molecule has 0 aliphatic heterocycles. The van der Waals surface area contributed by atoms with Gasteiger partial charge in [-0.2, -0.15) is 5.10 Å². The maximum absolute atomic E-state index is 11.4. The molecule has 0 bridgehead atoms. The Morgan fingerprint density at radius 3 is 2.80 bits per heavy atom. The number of hydrogen-bond donors (Lipinski definition) is 0. The van der Waals surface area contributed by atoms with Gasteiger partial charge < -0.3 is 4.57 Å². The third kappa shape index (κ3) is 1.49. The van der Waals surface area contributed by atoms with E-state index in [-0.39, 0.29) is 11.8 Å².